The Hall–Kier alpha value is -2.43. The van der Waals surface area contributed by atoms with Crippen LogP contribution in [0.2, 0.25) is 0 Å². The Balaban J connectivity index is 1.80. The van der Waals surface area contributed by atoms with Crippen LogP contribution in [0.15, 0.2) is 51.8 Å². The number of allylic oxidation sites excluding steroid dienone is 1. The molecule has 1 amide bonds. The molecule has 1 saturated carbocycles. The van der Waals surface area contributed by atoms with Gasteiger partial charge in [0.25, 0.3) is 5.91 Å². The fourth-order valence-corrected chi connectivity index (χ4v) is 4.44. The van der Waals surface area contributed by atoms with Gasteiger partial charge in [-0.3, -0.25) is 4.79 Å². The van der Waals surface area contributed by atoms with E-state index in [1.54, 1.807) is 0 Å². The highest BCUT2D eigenvalue weighted by Crippen LogP contribution is 2.37. The van der Waals surface area contributed by atoms with E-state index in [-0.39, 0.29) is 17.3 Å². The Morgan fingerprint density at radius 2 is 1.90 bits per heavy atom. The second-order valence-corrected chi connectivity index (χ2v) is 9.37. The van der Waals surface area contributed by atoms with Crippen LogP contribution in [0.25, 0.3) is 0 Å². The summed E-state index contributed by atoms with van der Waals surface area (Å²) in [7, 11) is 0. The van der Waals surface area contributed by atoms with Gasteiger partial charge in [0.05, 0.1) is 0 Å². The third kappa shape index (κ3) is 5.63. The van der Waals surface area contributed by atoms with Crippen molar-refractivity contribution in [3.8, 4) is 0 Å². The molecule has 5 heteroatoms. The van der Waals surface area contributed by atoms with Crippen LogP contribution in [0.1, 0.15) is 77.7 Å². The number of amides is 1. The molecule has 1 atom stereocenters. The number of aliphatic imine (C=N–C) groups is 1. The topological polar surface area (TPSA) is 44.7 Å². The summed E-state index contributed by atoms with van der Waals surface area (Å²) < 4.78 is 13.3. The lowest BCUT2D eigenvalue weighted by molar-refractivity contribution is -0.126. The third-order valence-electron chi connectivity index (χ3n) is 6.59. The van der Waals surface area contributed by atoms with Crippen LogP contribution in [-0.4, -0.2) is 36.2 Å². The highest BCUT2D eigenvalue weighted by Gasteiger charge is 2.38. The summed E-state index contributed by atoms with van der Waals surface area (Å²) in [6.07, 6.45) is 5.78. The number of benzene rings is 1. The van der Waals surface area contributed by atoms with Crippen molar-refractivity contribution in [1.82, 2.24) is 10.2 Å². The van der Waals surface area contributed by atoms with E-state index in [0.29, 0.717) is 12.5 Å². The Bertz CT molecular complexity index is 876. The molecule has 1 N–H and O–H groups in total. The average molecular weight is 426 g/mol. The van der Waals surface area contributed by atoms with Gasteiger partial charge in [-0.05, 0) is 89.6 Å². The number of nitrogens with one attached hydrogen (secondary N) is 1. The molecule has 4 nitrogen and oxygen atoms in total. The molecular weight excluding hydrogens is 389 g/mol. The lowest BCUT2D eigenvalue weighted by atomic mass is 9.92. The summed E-state index contributed by atoms with van der Waals surface area (Å²) in [4.78, 5) is 19.9. The zero-order chi connectivity index (χ0) is 22.6. The summed E-state index contributed by atoms with van der Waals surface area (Å²) in [5, 5.41) is 3.52. The molecule has 3 rings (SSSR count). The van der Waals surface area contributed by atoms with E-state index in [0.717, 1.165) is 73.2 Å². The minimum Gasteiger partial charge on any atom is -0.365 e. The molecule has 2 aliphatic rings. The van der Waals surface area contributed by atoms with Gasteiger partial charge in [0.2, 0.25) is 0 Å². The second-order valence-electron chi connectivity index (χ2n) is 9.37. The largest absolute Gasteiger partial charge is 0.365 e. The van der Waals surface area contributed by atoms with Crippen molar-refractivity contribution in [1.29, 1.82) is 0 Å². The molecule has 168 valence electrons. The van der Waals surface area contributed by atoms with Gasteiger partial charge in [0, 0.05) is 29.8 Å². The first kappa shape index (κ1) is 23.2. The fraction of sp³-hybridized carbons (Fsp3) is 0.538. The third-order valence-corrected chi connectivity index (χ3v) is 6.59. The number of carbonyl (C=O) groups is 1. The normalized spacial score (nSPS) is 20.9. The van der Waals surface area contributed by atoms with Gasteiger partial charge in [-0.2, -0.15) is 0 Å². The van der Waals surface area contributed by atoms with Gasteiger partial charge in [0.1, 0.15) is 11.6 Å². The van der Waals surface area contributed by atoms with E-state index in [2.05, 4.69) is 30.9 Å². The maximum Gasteiger partial charge on any atom is 0.254 e. The first-order valence-electron chi connectivity index (χ1n) is 11.5. The van der Waals surface area contributed by atoms with Crippen LogP contribution >= 0.6 is 0 Å². The minimum absolute atomic E-state index is 0.0672. The van der Waals surface area contributed by atoms with Crippen LogP contribution < -0.4 is 5.32 Å². The van der Waals surface area contributed by atoms with Crippen molar-refractivity contribution in [3.05, 3.63) is 58.2 Å². The standard InChI is InChI=1S/C26H36FN3O/c1-6-22(24(28-5)29-26(4)14-15-26)23(18(2)3)25(31)30-16-7-8-19(13-17-30)20-9-11-21(27)12-10-20/h9-12,19,29H,5-8,13-17H2,1-4H3/b24-22-. The summed E-state index contributed by atoms with van der Waals surface area (Å²) in [5.41, 5.74) is 3.95. The van der Waals surface area contributed by atoms with Crippen molar-refractivity contribution >= 4 is 12.6 Å². The quantitative estimate of drug-likeness (QED) is 0.345. The van der Waals surface area contributed by atoms with Crippen LogP contribution in [0.4, 0.5) is 4.39 Å². The molecule has 1 aromatic carbocycles. The van der Waals surface area contributed by atoms with Crippen LogP contribution in [0, 0.1) is 5.82 Å². The molecule has 1 aliphatic heterocycles. The summed E-state index contributed by atoms with van der Waals surface area (Å²) >= 11 is 0. The first-order chi connectivity index (χ1) is 14.8. The molecule has 0 aromatic heterocycles. The maximum atomic E-state index is 13.7. The number of hydrogen-bond acceptors (Lipinski definition) is 3. The lowest BCUT2D eigenvalue weighted by Crippen LogP contribution is -2.35. The molecule has 1 saturated heterocycles. The van der Waals surface area contributed by atoms with Crippen molar-refractivity contribution in [2.24, 2.45) is 4.99 Å². The van der Waals surface area contributed by atoms with E-state index in [4.69, 9.17) is 0 Å². The van der Waals surface area contributed by atoms with Gasteiger partial charge in [0.15, 0.2) is 0 Å². The number of nitrogens with zero attached hydrogens (tertiary/aromatic N) is 2. The summed E-state index contributed by atoms with van der Waals surface area (Å²) in [5.74, 6) is 0.977. The SMILES string of the molecule is C=N/C(NC1(C)CC1)=C(\CC)C(C(=O)N1CCCC(c2ccc(F)cc2)CC1)=C(C)C. The molecule has 1 aliphatic carbocycles. The lowest BCUT2D eigenvalue weighted by Gasteiger charge is -2.26. The molecule has 0 spiro atoms. The van der Waals surface area contributed by atoms with Gasteiger partial charge >= 0.3 is 0 Å². The van der Waals surface area contributed by atoms with Crippen molar-refractivity contribution in [2.75, 3.05) is 13.1 Å². The Morgan fingerprint density at radius 1 is 1.23 bits per heavy atom. The van der Waals surface area contributed by atoms with E-state index in [1.165, 1.54) is 12.1 Å². The zero-order valence-electron chi connectivity index (χ0n) is 19.4. The number of hydrogen-bond donors (Lipinski definition) is 1. The predicted octanol–water partition coefficient (Wildman–Crippen LogP) is 5.72. The van der Waals surface area contributed by atoms with Gasteiger partial charge < -0.3 is 10.2 Å². The highest BCUT2D eigenvalue weighted by molar-refractivity contribution is 5.98. The number of likely N-dealkylation sites (tertiary alicyclic amines) is 1. The number of carbonyl (C=O) groups excluding carboxylic acids is 1. The van der Waals surface area contributed by atoms with E-state index < -0.39 is 0 Å². The predicted molar refractivity (Wildman–Crippen MR) is 126 cm³/mol. The van der Waals surface area contributed by atoms with E-state index >= 15 is 0 Å². The number of halogens is 1. The van der Waals surface area contributed by atoms with Gasteiger partial charge in [-0.15, -0.1) is 0 Å². The molecular formula is C26H36FN3O. The van der Waals surface area contributed by atoms with E-state index in [1.807, 2.05) is 30.9 Å². The van der Waals surface area contributed by atoms with E-state index in [9.17, 15) is 9.18 Å². The first-order valence-corrected chi connectivity index (χ1v) is 11.5. The van der Waals surface area contributed by atoms with Gasteiger partial charge in [-0.1, -0.05) is 24.6 Å². The Kier molecular flexibility index (Phi) is 7.34. The smallest absolute Gasteiger partial charge is 0.254 e. The Labute approximate surface area is 186 Å². The van der Waals surface area contributed by atoms with Crippen molar-refractivity contribution in [2.45, 2.75) is 77.7 Å². The summed E-state index contributed by atoms with van der Waals surface area (Å²) in [6.45, 7) is 13.5. The molecule has 0 radical (unpaired) electrons. The van der Waals surface area contributed by atoms with Crippen molar-refractivity contribution < 1.29 is 9.18 Å². The van der Waals surface area contributed by atoms with Crippen LogP contribution in [0.5, 0.6) is 0 Å². The minimum atomic E-state index is -0.207. The number of rotatable bonds is 7. The van der Waals surface area contributed by atoms with Crippen molar-refractivity contribution in [3.63, 3.8) is 0 Å². The summed E-state index contributed by atoms with van der Waals surface area (Å²) in [6, 6.07) is 6.81. The molecule has 1 unspecified atom stereocenters. The monoisotopic (exact) mass is 425 g/mol. The molecule has 2 fully saturated rings. The maximum absolute atomic E-state index is 13.7. The molecule has 1 heterocycles. The second kappa shape index (κ2) is 9.80. The van der Waals surface area contributed by atoms with Crippen LogP contribution in [0.3, 0.4) is 0 Å². The molecule has 31 heavy (non-hydrogen) atoms. The fourth-order valence-electron chi connectivity index (χ4n) is 4.44. The van der Waals surface area contributed by atoms with Crippen LogP contribution in [-0.2, 0) is 4.79 Å². The Morgan fingerprint density at radius 3 is 2.45 bits per heavy atom. The average Bonchev–Trinajstić information content (AvgIpc) is 3.52. The van der Waals surface area contributed by atoms with Gasteiger partial charge in [-0.25, -0.2) is 9.38 Å². The highest BCUT2D eigenvalue weighted by atomic mass is 19.1. The zero-order valence-corrected chi connectivity index (χ0v) is 19.4. The molecule has 0 bridgehead atoms. The molecule has 1 aromatic rings.